The molecule has 4 nitrogen and oxygen atoms in total. The van der Waals surface area contributed by atoms with Crippen molar-refractivity contribution in [2.24, 2.45) is 0 Å². The second-order valence-electron chi connectivity index (χ2n) is 5.72. The lowest BCUT2D eigenvalue weighted by molar-refractivity contribution is -0.148. The quantitative estimate of drug-likeness (QED) is 0.806. The zero-order valence-corrected chi connectivity index (χ0v) is 13.4. The minimum Gasteiger partial charge on any atom is -0.467 e. The van der Waals surface area contributed by atoms with Crippen LogP contribution in [0, 0.1) is 13.8 Å². The first kappa shape index (κ1) is 16.7. The number of benzene rings is 1. The van der Waals surface area contributed by atoms with E-state index in [1.165, 1.54) is 7.11 Å². The molecule has 4 heteroatoms. The highest BCUT2D eigenvalue weighted by Crippen LogP contribution is 2.24. The fraction of sp³-hybridized carbons (Fsp3) is 0.562. The Labute approximate surface area is 122 Å². The number of likely N-dealkylation sites (N-methyl/N-ethyl adjacent to an activating group) is 1. The molecule has 0 aromatic heterocycles. The molecule has 0 bridgehead atoms. The van der Waals surface area contributed by atoms with E-state index >= 15 is 0 Å². The number of esters is 1. The maximum Gasteiger partial charge on any atom is 0.330 e. The topological polar surface area (TPSA) is 41.6 Å². The van der Waals surface area contributed by atoms with Gasteiger partial charge in [0, 0.05) is 13.1 Å². The number of carbonyl (C=O) groups is 1. The minimum absolute atomic E-state index is 0.263. The van der Waals surface area contributed by atoms with Gasteiger partial charge in [-0.2, -0.15) is 0 Å². The Morgan fingerprint density at radius 1 is 1.25 bits per heavy atom. The number of nitrogens with one attached hydrogen (secondary N) is 1. The van der Waals surface area contributed by atoms with E-state index in [4.69, 9.17) is 4.74 Å². The van der Waals surface area contributed by atoms with E-state index in [1.807, 2.05) is 47.0 Å². The second kappa shape index (κ2) is 6.86. The van der Waals surface area contributed by atoms with E-state index in [1.54, 1.807) is 0 Å². The normalized spacial score (nSPS) is 14.2. The standard InChI is InChI=1S/C16H26N2O2/c1-12-9-13(2)11-14(10-12)16(3,15(19)20-6)17-7-8-18(4)5/h9-11,17H,7-8H2,1-6H3. The highest BCUT2D eigenvalue weighted by atomic mass is 16.5. The van der Waals surface area contributed by atoms with Crippen LogP contribution in [0.3, 0.4) is 0 Å². The Morgan fingerprint density at radius 3 is 2.25 bits per heavy atom. The molecule has 0 spiro atoms. The summed E-state index contributed by atoms with van der Waals surface area (Å²) in [5, 5.41) is 3.33. The van der Waals surface area contributed by atoms with E-state index in [0.717, 1.165) is 23.2 Å². The minimum atomic E-state index is -0.818. The van der Waals surface area contributed by atoms with Gasteiger partial charge in [-0.15, -0.1) is 0 Å². The molecule has 0 aliphatic heterocycles. The van der Waals surface area contributed by atoms with E-state index in [9.17, 15) is 4.79 Å². The largest absolute Gasteiger partial charge is 0.467 e. The number of ether oxygens (including phenoxy) is 1. The monoisotopic (exact) mass is 278 g/mol. The summed E-state index contributed by atoms with van der Waals surface area (Å²) in [5.41, 5.74) is 2.41. The molecule has 1 unspecified atom stereocenters. The molecule has 1 N–H and O–H groups in total. The van der Waals surface area contributed by atoms with Crippen LogP contribution in [0.5, 0.6) is 0 Å². The summed E-state index contributed by atoms with van der Waals surface area (Å²) in [4.78, 5) is 14.3. The lowest BCUT2D eigenvalue weighted by Crippen LogP contribution is -2.49. The van der Waals surface area contributed by atoms with Crippen LogP contribution in [0.4, 0.5) is 0 Å². The molecule has 1 aromatic carbocycles. The van der Waals surface area contributed by atoms with Crippen LogP contribution in [0.1, 0.15) is 23.6 Å². The van der Waals surface area contributed by atoms with Gasteiger partial charge in [-0.05, 0) is 40.4 Å². The van der Waals surface area contributed by atoms with Crippen LogP contribution in [0.25, 0.3) is 0 Å². The van der Waals surface area contributed by atoms with Crippen LogP contribution in [0.2, 0.25) is 0 Å². The number of hydrogen-bond acceptors (Lipinski definition) is 4. The van der Waals surface area contributed by atoms with Crippen molar-refractivity contribution < 1.29 is 9.53 Å². The van der Waals surface area contributed by atoms with E-state index < -0.39 is 5.54 Å². The highest BCUT2D eigenvalue weighted by Gasteiger charge is 2.36. The van der Waals surface area contributed by atoms with Gasteiger partial charge in [0.15, 0.2) is 0 Å². The van der Waals surface area contributed by atoms with Crippen molar-refractivity contribution in [1.82, 2.24) is 10.2 Å². The van der Waals surface area contributed by atoms with Crippen molar-refractivity contribution in [3.63, 3.8) is 0 Å². The van der Waals surface area contributed by atoms with Crippen LogP contribution < -0.4 is 5.32 Å². The lowest BCUT2D eigenvalue weighted by atomic mass is 9.89. The SMILES string of the molecule is COC(=O)C(C)(NCCN(C)C)c1cc(C)cc(C)c1. The third-order valence-electron chi connectivity index (χ3n) is 3.43. The number of hydrogen-bond donors (Lipinski definition) is 1. The first-order valence-electron chi connectivity index (χ1n) is 6.86. The zero-order chi connectivity index (χ0) is 15.3. The number of carbonyl (C=O) groups excluding carboxylic acids is 1. The van der Waals surface area contributed by atoms with Gasteiger partial charge < -0.3 is 9.64 Å². The van der Waals surface area contributed by atoms with Crippen molar-refractivity contribution in [2.75, 3.05) is 34.3 Å². The molecular weight excluding hydrogens is 252 g/mol. The maximum absolute atomic E-state index is 12.2. The first-order valence-corrected chi connectivity index (χ1v) is 6.86. The molecule has 20 heavy (non-hydrogen) atoms. The van der Waals surface area contributed by atoms with Crippen LogP contribution >= 0.6 is 0 Å². The Balaban J connectivity index is 3.06. The second-order valence-corrected chi connectivity index (χ2v) is 5.72. The fourth-order valence-corrected chi connectivity index (χ4v) is 2.29. The van der Waals surface area contributed by atoms with Crippen molar-refractivity contribution in [3.8, 4) is 0 Å². The molecule has 0 aliphatic rings. The highest BCUT2D eigenvalue weighted by molar-refractivity contribution is 5.82. The van der Waals surface area contributed by atoms with E-state index in [0.29, 0.717) is 6.54 Å². The molecule has 0 amide bonds. The van der Waals surface area contributed by atoms with Crippen molar-refractivity contribution >= 4 is 5.97 Å². The number of aryl methyl sites for hydroxylation is 2. The number of nitrogens with zero attached hydrogens (tertiary/aromatic N) is 1. The summed E-state index contributed by atoms with van der Waals surface area (Å²) in [6.45, 7) is 7.52. The average molecular weight is 278 g/mol. The smallest absolute Gasteiger partial charge is 0.330 e. The summed E-state index contributed by atoms with van der Waals surface area (Å²) < 4.78 is 4.99. The van der Waals surface area contributed by atoms with Gasteiger partial charge in [0.1, 0.15) is 5.54 Å². The van der Waals surface area contributed by atoms with Gasteiger partial charge in [0.2, 0.25) is 0 Å². The molecule has 0 fully saturated rings. The zero-order valence-electron chi connectivity index (χ0n) is 13.4. The predicted molar refractivity (Wildman–Crippen MR) is 81.8 cm³/mol. The molecule has 0 radical (unpaired) electrons. The third kappa shape index (κ3) is 4.05. The molecule has 0 heterocycles. The molecule has 0 saturated heterocycles. The van der Waals surface area contributed by atoms with Gasteiger partial charge in [-0.1, -0.05) is 29.3 Å². The van der Waals surface area contributed by atoms with Gasteiger partial charge in [0.05, 0.1) is 7.11 Å². The molecule has 112 valence electrons. The van der Waals surface area contributed by atoms with Crippen LogP contribution in [-0.2, 0) is 15.1 Å². The van der Waals surface area contributed by atoms with Crippen LogP contribution in [-0.4, -0.2) is 45.2 Å². The molecule has 1 rings (SSSR count). The molecular formula is C16H26N2O2. The average Bonchev–Trinajstić information content (AvgIpc) is 2.35. The Hall–Kier alpha value is -1.39. The summed E-state index contributed by atoms with van der Waals surface area (Å²) in [6, 6.07) is 6.17. The number of rotatable bonds is 6. The summed E-state index contributed by atoms with van der Waals surface area (Å²) in [5.74, 6) is -0.263. The van der Waals surface area contributed by atoms with Gasteiger partial charge in [0.25, 0.3) is 0 Å². The van der Waals surface area contributed by atoms with Gasteiger partial charge >= 0.3 is 5.97 Å². The third-order valence-corrected chi connectivity index (χ3v) is 3.43. The maximum atomic E-state index is 12.2. The Morgan fingerprint density at radius 2 is 1.80 bits per heavy atom. The molecule has 1 atom stereocenters. The Bertz CT molecular complexity index is 451. The van der Waals surface area contributed by atoms with Crippen molar-refractivity contribution in [2.45, 2.75) is 26.3 Å². The summed E-state index contributed by atoms with van der Waals surface area (Å²) in [6.07, 6.45) is 0. The van der Waals surface area contributed by atoms with Gasteiger partial charge in [-0.25, -0.2) is 4.79 Å². The van der Waals surface area contributed by atoms with Crippen LogP contribution in [0.15, 0.2) is 18.2 Å². The van der Waals surface area contributed by atoms with E-state index in [2.05, 4.69) is 16.3 Å². The summed E-state index contributed by atoms with van der Waals surface area (Å²) >= 11 is 0. The fourth-order valence-electron chi connectivity index (χ4n) is 2.29. The van der Waals surface area contributed by atoms with E-state index in [-0.39, 0.29) is 5.97 Å². The molecule has 1 aromatic rings. The first-order chi connectivity index (χ1) is 9.29. The molecule has 0 saturated carbocycles. The lowest BCUT2D eigenvalue weighted by Gasteiger charge is -2.30. The van der Waals surface area contributed by atoms with Crippen molar-refractivity contribution in [1.29, 1.82) is 0 Å². The van der Waals surface area contributed by atoms with Gasteiger partial charge in [-0.3, -0.25) is 5.32 Å². The number of methoxy groups -OCH3 is 1. The summed E-state index contributed by atoms with van der Waals surface area (Å²) in [7, 11) is 5.44. The predicted octanol–water partition coefficient (Wildman–Crippen LogP) is 1.84. The Kier molecular flexibility index (Phi) is 5.72. The van der Waals surface area contributed by atoms with Crippen molar-refractivity contribution in [3.05, 3.63) is 34.9 Å². The molecule has 0 aliphatic carbocycles.